The Bertz CT molecular complexity index is 529. The zero-order valence-electron chi connectivity index (χ0n) is 17.4. The van der Waals surface area contributed by atoms with E-state index in [9.17, 15) is 18.6 Å². The maximum atomic E-state index is 12.7. The SMILES string of the molecule is CCCCCCCCOP(=O)(OCCCCCCCC)OP(=O)(O)OP(=O)(O)O. The maximum Gasteiger partial charge on any atom is 0.490 e. The van der Waals surface area contributed by atoms with Gasteiger partial charge in [-0.15, -0.1) is 0 Å². The highest BCUT2D eigenvalue weighted by Crippen LogP contribution is 2.68. The van der Waals surface area contributed by atoms with Crippen LogP contribution >= 0.6 is 23.5 Å². The van der Waals surface area contributed by atoms with Crippen molar-refractivity contribution in [2.45, 2.75) is 90.9 Å². The van der Waals surface area contributed by atoms with E-state index in [2.05, 4.69) is 22.5 Å². The van der Waals surface area contributed by atoms with Crippen molar-refractivity contribution in [3.05, 3.63) is 0 Å². The molecule has 13 heteroatoms. The summed E-state index contributed by atoms with van der Waals surface area (Å²) in [5.41, 5.74) is 0. The molecule has 0 aromatic carbocycles. The van der Waals surface area contributed by atoms with Gasteiger partial charge in [-0.3, -0.25) is 9.05 Å². The fraction of sp³-hybridized carbons (Fsp3) is 1.00. The molecule has 0 aromatic rings. The van der Waals surface area contributed by atoms with Gasteiger partial charge in [0.1, 0.15) is 0 Å². The van der Waals surface area contributed by atoms with Crippen molar-refractivity contribution in [3.8, 4) is 0 Å². The van der Waals surface area contributed by atoms with Crippen molar-refractivity contribution in [1.29, 1.82) is 0 Å². The van der Waals surface area contributed by atoms with Crippen LogP contribution in [0.1, 0.15) is 90.9 Å². The van der Waals surface area contributed by atoms with Gasteiger partial charge in [-0.2, -0.15) is 8.62 Å². The number of phosphoric acid groups is 3. The van der Waals surface area contributed by atoms with Gasteiger partial charge in [0.2, 0.25) is 0 Å². The van der Waals surface area contributed by atoms with E-state index in [4.69, 9.17) is 18.8 Å². The zero-order valence-corrected chi connectivity index (χ0v) is 20.1. The highest BCUT2D eigenvalue weighted by Gasteiger charge is 2.42. The molecule has 0 radical (unpaired) electrons. The van der Waals surface area contributed by atoms with Gasteiger partial charge in [0.15, 0.2) is 0 Å². The highest BCUT2D eigenvalue weighted by atomic mass is 31.3. The number of hydrogen-bond acceptors (Lipinski definition) is 7. The maximum absolute atomic E-state index is 12.7. The van der Waals surface area contributed by atoms with Crippen LogP contribution in [0.25, 0.3) is 0 Å². The molecule has 0 rings (SSSR count). The fourth-order valence-corrected chi connectivity index (χ4v) is 6.11. The third-order valence-electron chi connectivity index (χ3n) is 3.91. The van der Waals surface area contributed by atoms with E-state index in [-0.39, 0.29) is 13.2 Å². The van der Waals surface area contributed by atoms with Crippen molar-refractivity contribution < 1.29 is 46.0 Å². The van der Waals surface area contributed by atoms with Crippen molar-refractivity contribution in [1.82, 2.24) is 0 Å². The number of unbranched alkanes of at least 4 members (excludes halogenated alkanes) is 10. The lowest BCUT2D eigenvalue weighted by molar-refractivity contribution is 0.134. The predicted molar refractivity (Wildman–Crippen MR) is 110 cm³/mol. The van der Waals surface area contributed by atoms with E-state index in [1.807, 2.05) is 0 Å². The third-order valence-corrected chi connectivity index (χ3v) is 8.21. The average molecular weight is 482 g/mol. The Hall–Kier alpha value is 0.410. The summed E-state index contributed by atoms with van der Waals surface area (Å²) in [5.74, 6) is 0. The summed E-state index contributed by atoms with van der Waals surface area (Å²) in [6, 6.07) is 0. The molecule has 0 fully saturated rings. The van der Waals surface area contributed by atoms with Gasteiger partial charge in [-0.05, 0) is 12.8 Å². The largest absolute Gasteiger partial charge is 0.490 e. The van der Waals surface area contributed by atoms with Gasteiger partial charge in [-0.1, -0.05) is 78.1 Å². The average Bonchev–Trinajstić information content (AvgIpc) is 2.57. The van der Waals surface area contributed by atoms with Crippen LogP contribution in [0, 0.1) is 0 Å². The first-order valence-corrected chi connectivity index (χ1v) is 14.7. The first kappa shape index (κ1) is 29.4. The van der Waals surface area contributed by atoms with Crippen LogP contribution in [-0.4, -0.2) is 27.9 Å². The molecule has 0 aliphatic heterocycles. The molecule has 0 bridgehead atoms. The first-order valence-electron chi connectivity index (χ1n) is 10.2. The van der Waals surface area contributed by atoms with Gasteiger partial charge >= 0.3 is 23.5 Å². The van der Waals surface area contributed by atoms with E-state index >= 15 is 0 Å². The van der Waals surface area contributed by atoms with Gasteiger partial charge in [0.05, 0.1) is 13.2 Å². The van der Waals surface area contributed by atoms with E-state index in [1.54, 1.807) is 0 Å². The van der Waals surface area contributed by atoms with E-state index < -0.39 is 23.5 Å². The summed E-state index contributed by atoms with van der Waals surface area (Å²) in [6.07, 6.45) is 11.2. The minimum Gasteiger partial charge on any atom is -0.302 e. The van der Waals surface area contributed by atoms with Crippen LogP contribution in [0.2, 0.25) is 0 Å². The quantitative estimate of drug-likeness (QED) is 0.138. The summed E-state index contributed by atoms with van der Waals surface area (Å²) in [4.78, 5) is 26.9. The van der Waals surface area contributed by atoms with Gasteiger partial charge in [-0.25, -0.2) is 13.7 Å². The smallest absolute Gasteiger partial charge is 0.302 e. The van der Waals surface area contributed by atoms with Crippen molar-refractivity contribution in [3.63, 3.8) is 0 Å². The molecule has 29 heavy (non-hydrogen) atoms. The van der Waals surface area contributed by atoms with Crippen LogP contribution in [0.3, 0.4) is 0 Å². The van der Waals surface area contributed by atoms with Crippen LogP contribution < -0.4 is 0 Å². The van der Waals surface area contributed by atoms with E-state index in [0.29, 0.717) is 12.8 Å². The summed E-state index contributed by atoms with van der Waals surface area (Å²) in [7, 11) is -15.2. The summed E-state index contributed by atoms with van der Waals surface area (Å²) < 4.78 is 53.4. The van der Waals surface area contributed by atoms with E-state index in [1.165, 1.54) is 0 Å². The Morgan fingerprint density at radius 2 is 0.966 bits per heavy atom. The van der Waals surface area contributed by atoms with Crippen LogP contribution in [0.5, 0.6) is 0 Å². The van der Waals surface area contributed by atoms with Gasteiger partial charge in [0.25, 0.3) is 0 Å². The molecule has 0 heterocycles. The summed E-state index contributed by atoms with van der Waals surface area (Å²) >= 11 is 0. The van der Waals surface area contributed by atoms with Crippen molar-refractivity contribution in [2.24, 2.45) is 0 Å². The van der Waals surface area contributed by atoms with Crippen LogP contribution in [-0.2, 0) is 31.4 Å². The van der Waals surface area contributed by atoms with Gasteiger partial charge in [0, 0.05) is 0 Å². The minimum atomic E-state index is -5.35. The molecule has 10 nitrogen and oxygen atoms in total. The molecule has 0 aliphatic carbocycles. The lowest BCUT2D eigenvalue weighted by atomic mass is 10.1. The molecule has 0 amide bonds. The summed E-state index contributed by atoms with van der Waals surface area (Å²) in [5, 5.41) is 0. The Kier molecular flexibility index (Phi) is 16.3. The topological polar surface area (TPSA) is 149 Å². The molecule has 0 aromatic heterocycles. The molecular weight excluding hydrogens is 445 g/mol. The Balaban J connectivity index is 4.58. The van der Waals surface area contributed by atoms with Crippen LogP contribution in [0.4, 0.5) is 0 Å². The molecular formula is C16H37O10P3. The number of rotatable bonds is 20. The van der Waals surface area contributed by atoms with Crippen molar-refractivity contribution >= 4 is 23.5 Å². The summed E-state index contributed by atoms with van der Waals surface area (Å²) in [6.45, 7) is 4.11. The molecule has 176 valence electrons. The Morgan fingerprint density at radius 1 is 0.586 bits per heavy atom. The standard InChI is InChI=1S/C16H37O10P3/c1-3-5-7-9-11-13-15-23-29(22,24-16-14-12-10-8-6-4-2)26-28(20,21)25-27(17,18)19/h3-16H2,1-2H3,(H,20,21)(H2,17,18,19). The molecule has 1 unspecified atom stereocenters. The molecule has 0 saturated heterocycles. The number of phosphoric ester groups is 1. The lowest BCUT2D eigenvalue weighted by Crippen LogP contribution is -2.03. The van der Waals surface area contributed by atoms with Crippen LogP contribution in [0.15, 0.2) is 0 Å². The minimum absolute atomic E-state index is 0.0458. The zero-order chi connectivity index (χ0) is 22.2. The normalized spacial score (nSPS) is 14.8. The van der Waals surface area contributed by atoms with E-state index in [0.717, 1.165) is 64.2 Å². The predicted octanol–water partition coefficient (Wildman–Crippen LogP) is 6.08. The third kappa shape index (κ3) is 18.9. The Labute approximate surface area is 174 Å². The molecule has 0 aliphatic rings. The fourth-order valence-electron chi connectivity index (χ4n) is 2.48. The Morgan fingerprint density at radius 3 is 1.34 bits per heavy atom. The monoisotopic (exact) mass is 482 g/mol. The molecule has 3 N–H and O–H groups in total. The molecule has 0 spiro atoms. The first-order chi connectivity index (χ1) is 13.5. The molecule has 0 saturated carbocycles. The second-order valence-electron chi connectivity index (χ2n) is 6.77. The molecule has 1 atom stereocenters. The lowest BCUT2D eigenvalue weighted by Gasteiger charge is -2.20. The van der Waals surface area contributed by atoms with Crippen molar-refractivity contribution in [2.75, 3.05) is 13.2 Å². The highest BCUT2D eigenvalue weighted by molar-refractivity contribution is 7.66. The second kappa shape index (κ2) is 16.1. The number of hydrogen-bond donors (Lipinski definition) is 3. The van der Waals surface area contributed by atoms with Gasteiger partial charge < -0.3 is 14.7 Å². The second-order valence-corrected chi connectivity index (χ2v) is 11.4.